The van der Waals surface area contributed by atoms with Crippen LogP contribution in [0.2, 0.25) is 0 Å². The summed E-state index contributed by atoms with van der Waals surface area (Å²) in [6.07, 6.45) is 0. The van der Waals surface area contributed by atoms with E-state index in [2.05, 4.69) is 9.82 Å². The summed E-state index contributed by atoms with van der Waals surface area (Å²) >= 11 is 5.79. The number of pyridine rings is 1. The molecule has 0 atom stereocenters. The zero-order chi connectivity index (χ0) is 9.84. The lowest BCUT2D eigenvalue weighted by atomic mass is 10.1. The van der Waals surface area contributed by atoms with E-state index in [0.717, 1.165) is 22.5 Å². The van der Waals surface area contributed by atoms with Crippen molar-refractivity contribution in [1.29, 1.82) is 0 Å². The summed E-state index contributed by atoms with van der Waals surface area (Å²) in [5, 5.41) is 0. The Morgan fingerprint density at radius 2 is 2.23 bits per heavy atom. The maximum atomic E-state index is 5.79. The maximum Gasteiger partial charge on any atom is 0.0950 e. The molecule has 1 aromatic heterocycles. The van der Waals surface area contributed by atoms with Crippen LogP contribution in [0.4, 0.5) is 0 Å². The summed E-state index contributed by atoms with van der Waals surface area (Å²) in [7, 11) is 0. The molecule has 4 heteroatoms. The number of aromatic nitrogens is 1. The molecule has 0 aliphatic rings. The van der Waals surface area contributed by atoms with Gasteiger partial charge in [0.15, 0.2) is 0 Å². The maximum absolute atomic E-state index is 5.79. The van der Waals surface area contributed by atoms with E-state index in [-0.39, 0.29) is 0 Å². The minimum Gasteiger partial charge on any atom is -0.300 e. The molecule has 3 nitrogen and oxygen atoms in total. The Kier molecular flexibility index (Phi) is 3.66. The van der Waals surface area contributed by atoms with E-state index in [4.69, 9.17) is 17.5 Å². The number of aryl methyl sites for hydroxylation is 2. The Labute approximate surface area is 82.8 Å². The third-order valence-electron chi connectivity index (χ3n) is 1.92. The molecule has 1 aromatic rings. The summed E-state index contributed by atoms with van der Waals surface area (Å²) in [6.45, 7) is 4.23. The van der Waals surface area contributed by atoms with Crippen molar-refractivity contribution in [3.05, 3.63) is 28.6 Å². The van der Waals surface area contributed by atoms with Gasteiger partial charge in [0.25, 0.3) is 0 Å². The summed E-state index contributed by atoms with van der Waals surface area (Å²) in [5.74, 6) is 5.48. The molecule has 1 heterocycles. The van der Waals surface area contributed by atoms with Crippen LogP contribution in [-0.4, -0.2) is 4.98 Å². The van der Waals surface area contributed by atoms with Crippen LogP contribution >= 0.6 is 11.6 Å². The van der Waals surface area contributed by atoms with Crippen molar-refractivity contribution in [2.45, 2.75) is 26.3 Å². The van der Waals surface area contributed by atoms with Gasteiger partial charge in [-0.15, -0.1) is 11.6 Å². The van der Waals surface area contributed by atoms with Crippen LogP contribution in [-0.2, 0) is 17.3 Å². The third-order valence-corrected chi connectivity index (χ3v) is 2.21. The molecule has 0 aliphatic heterocycles. The number of hydrogen-bond donors (Lipinski definition) is 1. The summed E-state index contributed by atoms with van der Waals surface area (Å²) in [4.78, 5) is 8.90. The Bertz CT molecular complexity index is 302. The molecule has 0 aromatic carbocycles. The number of hydrogen-bond acceptors (Lipinski definition) is 3. The van der Waals surface area contributed by atoms with Crippen LogP contribution in [0.5, 0.6) is 0 Å². The minimum absolute atomic E-state index is 0.362. The molecular formula is C9H13ClN2O. The first-order chi connectivity index (χ1) is 6.19. The highest BCUT2D eigenvalue weighted by atomic mass is 35.5. The number of rotatable bonds is 3. The average Bonchev–Trinajstić information content (AvgIpc) is 2.09. The van der Waals surface area contributed by atoms with Crippen LogP contribution in [0.25, 0.3) is 0 Å². The van der Waals surface area contributed by atoms with Gasteiger partial charge >= 0.3 is 0 Å². The normalized spacial score (nSPS) is 10.5. The Morgan fingerprint density at radius 1 is 1.54 bits per heavy atom. The largest absolute Gasteiger partial charge is 0.300 e. The topological polar surface area (TPSA) is 48.1 Å². The molecule has 72 valence electrons. The van der Waals surface area contributed by atoms with Crippen LogP contribution < -0.4 is 5.90 Å². The fourth-order valence-electron chi connectivity index (χ4n) is 1.34. The number of nitrogens with zero attached hydrogens (tertiary/aromatic N) is 1. The predicted molar refractivity (Wildman–Crippen MR) is 52.2 cm³/mol. The van der Waals surface area contributed by atoms with Crippen LogP contribution in [0.15, 0.2) is 6.07 Å². The lowest BCUT2D eigenvalue weighted by Gasteiger charge is -2.09. The van der Waals surface area contributed by atoms with Crippen molar-refractivity contribution < 1.29 is 4.84 Å². The molecule has 0 radical (unpaired) electrons. The average molecular weight is 201 g/mol. The number of alkyl halides is 1. The first kappa shape index (κ1) is 10.4. The zero-order valence-electron chi connectivity index (χ0n) is 7.80. The fourth-order valence-corrected chi connectivity index (χ4v) is 1.57. The highest BCUT2D eigenvalue weighted by molar-refractivity contribution is 6.17. The second-order valence-electron chi connectivity index (χ2n) is 2.93. The van der Waals surface area contributed by atoms with E-state index in [9.17, 15) is 0 Å². The molecular weight excluding hydrogens is 188 g/mol. The summed E-state index contributed by atoms with van der Waals surface area (Å²) in [5.41, 5.74) is 3.93. The molecule has 0 fully saturated rings. The van der Waals surface area contributed by atoms with Gasteiger partial charge in [-0.1, -0.05) is 0 Å². The van der Waals surface area contributed by atoms with Crippen molar-refractivity contribution in [3.8, 4) is 0 Å². The molecule has 13 heavy (non-hydrogen) atoms. The van der Waals surface area contributed by atoms with Crippen molar-refractivity contribution >= 4 is 11.6 Å². The highest BCUT2D eigenvalue weighted by Crippen LogP contribution is 2.16. The predicted octanol–water partition coefficient (Wildman–Crippen LogP) is 1.83. The van der Waals surface area contributed by atoms with Gasteiger partial charge in [-0.05, 0) is 25.5 Å². The molecule has 0 bridgehead atoms. The molecule has 0 spiro atoms. The van der Waals surface area contributed by atoms with Gasteiger partial charge in [-0.2, -0.15) is 0 Å². The number of nitrogens with two attached hydrogens (primary N) is 1. The van der Waals surface area contributed by atoms with Gasteiger partial charge in [0.2, 0.25) is 0 Å². The van der Waals surface area contributed by atoms with Crippen molar-refractivity contribution in [3.63, 3.8) is 0 Å². The molecule has 0 saturated heterocycles. The number of halogens is 1. The van der Waals surface area contributed by atoms with Gasteiger partial charge in [-0.3, -0.25) is 9.82 Å². The fraction of sp³-hybridized carbons (Fsp3) is 0.444. The Hall–Kier alpha value is -0.640. The first-order valence-corrected chi connectivity index (χ1v) is 4.56. The van der Waals surface area contributed by atoms with E-state index in [1.54, 1.807) is 0 Å². The SMILES string of the molecule is Cc1cc(CCl)c(CON)c(C)n1. The van der Waals surface area contributed by atoms with Gasteiger partial charge < -0.3 is 0 Å². The molecule has 1 rings (SSSR count). The molecule has 0 saturated carbocycles. The van der Waals surface area contributed by atoms with Crippen molar-refractivity contribution in [2.24, 2.45) is 5.90 Å². The summed E-state index contributed by atoms with van der Waals surface area (Å²) in [6, 6.07) is 1.95. The Morgan fingerprint density at radius 3 is 2.77 bits per heavy atom. The van der Waals surface area contributed by atoms with Gasteiger partial charge in [-0.25, -0.2) is 5.90 Å². The minimum atomic E-state index is 0.362. The van der Waals surface area contributed by atoms with Crippen molar-refractivity contribution in [2.75, 3.05) is 0 Å². The standard InChI is InChI=1S/C9H13ClN2O/c1-6-3-8(4-10)9(5-13-11)7(2)12-6/h3H,4-5,11H2,1-2H3. The second-order valence-corrected chi connectivity index (χ2v) is 3.20. The smallest absolute Gasteiger partial charge is 0.0950 e. The molecule has 2 N–H and O–H groups in total. The van der Waals surface area contributed by atoms with E-state index in [1.807, 2.05) is 19.9 Å². The van der Waals surface area contributed by atoms with Crippen LogP contribution in [0.3, 0.4) is 0 Å². The Balaban J connectivity index is 3.13. The zero-order valence-corrected chi connectivity index (χ0v) is 8.56. The lowest BCUT2D eigenvalue weighted by Crippen LogP contribution is -2.06. The monoisotopic (exact) mass is 200 g/mol. The third kappa shape index (κ3) is 2.40. The molecule has 0 unspecified atom stereocenters. The van der Waals surface area contributed by atoms with E-state index in [0.29, 0.717) is 12.5 Å². The van der Waals surface area contributed by atoms with E-state index >= 15 is 0 Å². The highest BCUT2D eigenvalue weighted by Gasteiger charge is 2.07. The van der Waals surface area contributed by atoms with Crippen molar-refractivity contribution in [1.82, 2.24) is 4.98 Å². The molecule has 0 amide bonds. The van der Waals surface area contributed by atoms with Crippen LogP contribution in [0, 0.1) is 13.8 Å². The first-order valence-electron chi connectivity index (χ1n) is 4.02. The second kappa shape index (κ2) is 4.56. The lowest BCUT2D eigenvalue weighted by molar-refractivity contribution is 0.123. The van der Waals surface area contributed by atoms with E-state index < -0.39 is 0 Å². The van der Waals surface area contributed by atoms with Gasteiger partial charge in [0.1, 0.15) is 0 Å². The molecule has 0 aliphatic carbocycles. The van der Waals surface area contributed by atoms with Gasteiger partial charge in [0.05, 0.1) is 6.61 Å². The van der Waals surface area contributed by atoms with Gasteiger partial charge in [0, 0.05) is 22.8 Å². The van der Waals surface area contributed by atoms with E-state index in [1.165, 1.54) is 0 Å². The summed E-state index contributed by atoms with van der Waals surface area (Å²) < 4.78 is 0. The quantitative estimate of drug-likeness (QED) is 0.598. The van der Waals surface area contributed by atoms with Crippen LogP contribution in [0.1, 0.15) is 22.5 Å².